The molecule has 4 nitrogen and oxygen atoms in total. The van der Waals surface area contributed by atoms with Crippen LogP contribution in [-0.4, -0.2) is 15.5 Å². The number of hydrogen-bond donors (Lipinski definition) is 0. The Bertz CT molecular complexity index is 1070. The number of rotatable bonds is 6. The second-order valence-electron chi connectivity index (χ2n) is 6.55. The fourth-order valence-electron chi connectivity index (χ4n) is 3.10. The van der Waals surface area contributed by atoms with Crippen molar-refractivity contribution < 1.29 is 17.5 Å². The maximum Gasteiger partial charge on any atom is 0.264 e. The van der Waals surface area contributed by atoms with E-state index in [2.05, 4.69) is 0 Å². The molecule has 0 N–H and O–H groups in total. The number of sulfonamides is 1. The zero-order chi connectivity index (χ0) is 20.3. The quantitative estimate of drug-likeness (QED) is 0.579. The summed E-state index contributed by atoms with van der Waals surface area (Å²) in [6, 6.07) is 19.0. The van der Waals surface area contributed by atoms with Crippen LogP contribution in [0, 0.1) is 12.7 Å². The fraction of sp³-hybridized carbons (Fsp3) is 0.182. The van der Waals surface area contributed by atoms with E-state index in [1.165, 1.54) is 23.5 Å². The third kappa shape index (κ3) is 4.02. The summed E-state index contributed by atoms with van der Waals surface area (Å²) in [5.74, 6) is 0.0619. The average Bonchev–Trinajstić information content (AvgIpc) is 2.68. The summed E-state index contributed by atoms with van der Waals surface area (Å²) in [6.07, 6.45) is 0. The van der Waals surface area contributed by atoms with E-state index in [0.29, 0.717) is 11.4 Å². The molecule has 3 rings (SSSR count). The lowest BCUT2D eigenvalue weighted by atomic mass is 10.1. The van der Waals surface area contributed by atoms with Gasteiger partial charge in [-0.05, 0) is 55.8 Å². The van der Waals surface area contributed by atoms with Crippen molar-refractivity contribution in [3.63, 3.8) is 0 Å². The number of methoxy groups -OCH3 is 1. The highest BCUT2D eigenvalue weighted by Gasteiger charge is 2.30. The van der Waals surface area contributed by atoms with E-state index in [1.807, 2.05) is 38.1 Å². The van der Waals surface area contributed by atoms with Crippen LogP contribution < -0.4 is 9.04 Å². The van der Waals surface area contributed by atoms with Crippen LogP contribution in [0.5, 0.6) is 5.75 Å². The Labute approximate surface area is 165 Å². The lowest BCUT2D eigenvalue weighted by Crippen LogP contribution is -2.33. The topological polar surface area (TPSA) is 46.6 Å². The number of benzene rings is 3. The van der Waals surface area contributed by atoms with E-state index >= 15 is 0 Å². The van der Waals surface area contributed by atoms with Gasteiger partial charge < -0.3 is 4.74 Å². The highest BCUT2D eigenvalue weighted by Crippen LogP contribution is 2.35. The van der Waals surface area contributed by atoms with Crippen molar-refractivity contribution in [3.8, 4) is 5.75 Å². The number of ether oxygens (including phenoxy) is 1. The first-order valence-electron chi connectivity index (χ1n) is 8.83. The van der Waals surface area contributed by atoms with Gasteiger partial charge in [0.1, 0.15) is 11.6 Å². The molecule has 6 heteroatoms. The van der Waals surface area contributed by atoms with Crippen LogP contribution in [0.2, 0.25) is 0 Å². The molecular formula is C22H22FNO3S. The smallest absolute Gasteiger partial charge is 0.264 e. The molecule has 0 aliphatic carbocycles. The van der Waals surface area contributed by atoms with Crippen molar-refractivity contribution >= 4 is 15.7 Å². The first-order chi connectivity index (χ1) is 13.3. The van der Waals surface area contributed by atoms with Gasteiger partial charge in [0.05, 0.1) is 23.7 Å². The molecule has 0 unspecified atom stereocenters. The van der Waals surface area contributed by atoms with Crippen LogP contribution >= 0.6 is 0 Å². The van der Waals surface area contributed by atoms with Gasteiger partial charge in [-0.15, -0.1) is 0 Å². The molecule has 0 bridgehead atoms. The standard InChI is InChI=1S/C22H22FNO3S/c1-16-6-4-7-18(14-16)17(2)24(20-8-5-9-21(15-20)27-3)28(25,26)22-12-10-19(23)11-13-22/h4-15,17H,1-3H3/t17-/m0/s1. The second kappa shape index (κ2) is 8.02. The highest BCUT2D eigenvalue weighted by molar-refractivity contribution is 7.92. The molecule has 0 aliphatic rings. The zero-order valence-electron chi connectivity index (χ0n) is 16.0. The van der Waals surface area contributed by atoms with Crippen molar-refractivity contribution in [2.45, 2.75) is 24.8 Å². The molecule has 0 fully saturated rings. The molecule has 0 aliphatic heterocycles. The Hall–Kier alpha value is -2.86. The van der Waals surface area contributed by atoms with Gasteiger partial charge >= 0.3 is 0 Å². The Kier molecular flexibility index (Phi) is 5.70. The maximum atomic E-state index is 13.5. The van der Waals surface area contributed by atoms with Crippen LogP contribution in [0.3, 0.4) is 0 Å². The van der Waals surface area contributed by atoms with Crippen molar-refractivity contribution in [2.75, 3.05) is 11.4 Å². The van der Waals surface area contributed by atoms with E-state index in [4.69, 9.17) is 4.74 Å². The summed E-state index contributed by atoms with van der Waals surface area (Å²) < 4.78 is 47.0. The van der Waals surface area contributed by atoms with E-state index < -0.39 is 21.9 Å². The third-order valence-corrected chi connectivity index (χ3v) is 6.47. The van der Waals surface area contributed by atoms with Crippen molar-refractivity contribution in [1.29, 1.82) is 0 Å². The van der Waals surface area contributed by atoms with Gasteiger partial charge in [0.25, 0.3) is 10.0 Å². The Balaban J connectivity index is 2.17. The minimum atomic E-state index is -3.94. The summed E-state index contributed by atoms with van der Waals surface area (Å²) in [5.41, 5.74) is 2.36. The number of aryl methyl sites for hydroxylation is 1. The largest absolute Gasteiger partial charge is 0.497 e. The van der Waals surface area contributed by atoms with Gasteiger partial charge in [-0.3, -0.25) is 4.31 Å². The van der Waals surface area contributed by atoms with Crippen LogP contribution in [0.25, 0.3) is 0 Å². The third-order valence-electron chi connectivity index (χ3n) is 4.55. The molecule has 0 amide bonds. The molecule has 1 atom stereocenters. The Morgan fingerprint density at radius 3 is 2.29 bits per heavy atom. The number of anilines is 1. The predicted molar refractivity (Wildman–Crippen MR) is 109 cm³/mol. The molecule has 0 radical (unpaired) electrons. The fourth-order valence-corrected chi connectivity index (χ4v) is 4.74. The number of halogens is 1. The molecular weight excluding hydrogens is 377 g/mol. The Morgan fingerprint density at radius 2 is 1.64 bits per heavy atom. The summed E-state index contributed by atoms with van der Waals surface area (Å²) in [4.78, 5) is 0.0243. The molecule has 0 aromatic heterocycles. The monoisotopic (exact) mass is 399 g/mol. The van der Waals surface area contributed by atoms with E-state index in [0.717, 1.165) is 23.3 Å². The van der Waals surface area contributed by atoms with Gasteiger partial charge in [0.2, 0.25) is 0 Å². The summed E-state index contributed by atoms with van der Waals surface area (Å²) in [5, 5.41) is 0. The molecule has 28 heavy (non-hydrogen) atoms. The van der Waals surface area contributed by atoms with Crippen molar-refractivity contribution in [2.24, 2.45) is 0 Å². The van der Waals surface area contributed by atoms with E-state index in [-0.39, 0.29) is 4.90 Å². The van der Waals surface area contributed by atoms with Gasteiger partial charge in [-0.25, -0.2) is 12.8 Å². The van der Waals surface area contributed by atoms with Crippen molar-refractivity contribution in [3.05, 3.63) is 89.7 Å². The number of hydrogen-bond acceptors (Lipinski definition) is 3. The molecule has 0 heterocycles. The minimum absolute atomic E-state index is 0.0243. The molecule has 0 spiro atoms. The van der Waals surface area contributed by atoms with Crippen LogP contribution in [0.1, 0.15) is 24.1 Å². The average molecular weight is 399 g/mol. The lowest BCUT2D eigenvalue weighted by Gasteiger charge is -2.31. The predicted octanol–water partition coefficient (Wildman–Crippen LogP) is 5.10. The van der Waals surface area contributed by atoms with E-state index in [1.54, 1.807) is 24.3 Å². The Morgan fingerprint density at radius 1 is 0.964 bits per heavy atom. The van der Waals surface area contributed by atoms with Gasteiger partial charge in [-0.1, -0.05) is 35.9 Å². The number of nitrogens with zero attached hydrogens (tertiary/aromatic N) is 1. The summed E-state index contributed by atoms with van der Waals surface area (Å²) in [6.45, 7) is 3.79. The first-order valence-corrected chi connectivity index (χ1v) is 10.3. The zero-order valence-corrected chi connectivity index (χ0v) is 16.8. The first kappa shape index (κ1) is 19.9. The summed E-state index contributed by atoms with van der Waals surface area (Å²) >= 11 is 0. The SMILES string of the molecule is COc1cccc(N([C@@H](C)c2cccc(C)c2)S(=O)(=O)c2ccc(F)cc2)c1. The summed E-state index contributed by atoms with van der Waals surface area (Å²) in [7, 11) is -2.42. The van der Waals surface area contributed by atoms with Crippen LogP contribution in [0.4, 0.5) is 10.1 Å². The second-order valence-corrected chi connectivity index (χ2v) is 8.36. The molecule has 3 aromatic carbocycles. The van der Waals surface area contributed by atoms with Crippen LogP contribution in [0.15, 0.2) is 77.7 Å². The van der Waals surface area contributed by atoms with Crippen molar-refractivity contribution in [1.82, 2.24) is 0 Å². The minimum Gasteiger partial charge on any atom is -0.497 e. The van der Waals surface area contributed by atoms with Gasteiger partial charge in [-0.2, -0.15) is 0 Å². The molecule has 0 saturated heterocycles. The molecule has 3 aromatic rings. The molecule has 146 valence electrons. The maximum absolute atomic E-state index is 13.5. The van der Waals surface area contributed by atoms with E-state index in [9.17, 15) is 12.8 Å². The lowest BCUT2D eigenvalue weighted by molar-refractivity contribution is 0.415. The van der Waals surface area contributed by atoms with Gasteiger partial charge in [0.15, 0.2) is 0 Å². The van der Waals surface area contributed by atoms with Gasteiger partial charge in [0, 0.05) is 6.07 Å². The normalized spacial score (nSPS) is 12.4. The van der Waals surface area contributed by atoms with Crippen LogP contribution in [-0.2, 0) is 10.0 Å². The highest BCUT2D eigenvalue weighted by atomic mass is 32.2. The molecule has 0 saturated carbocycles.